The van der Waals surface area contributed by atoms with Crippen LogP contribution in [0.15, 0.2) is 18.2 Å². The Morgan fingerprint density at radius 2 is 1.95 bits per heavy atom. The highest BCUT2D eigenvalue weighted by molar-refractivity contribution is 6.08. The van der Waals surface area contributed by atoms with Crippen molar-refractivity contribution < 1.29 is 23.8 Å². The lowest BCUT2D eigenvalue weighted by Gasteiger charge is -2.19. The lowest BCUT2D eigenvalue weighted by molar-refractivity contribution is -0.145. The van der Waals surface area contributed by atoms with E-state index < -0.39 is 11.9 Å². The zero-order valence-corrected chi connectivity index (χ0v) is 11.0. The van der Waals surface area contributed by atoms with Crippen LogP contribution in [0.4, 0.5) is 0 Å². The van der Waals surface area contributed by atoms with E-state index in [1.54, 1.807) is 25.1 Å². The van der Waals surface area contributed by atoms with Crippen LogP contribution in [0.2, 0.25) is 0 Å². The molecule has 0 saturated carbocycles. The topological polar surface area (TPSA) is 61.8 Å². The van der Waals surface area contributed by atoms with Crippen molar-refractivity contribution in [1.82, 2.24) is 0 Å². The summed E-state index contributed by atoms with van der Waals surface area (Å²) in [6, 6.07) is 4.91. The minimum Gasteiger partial charge on any atom is -0.486 e. The number of fused-ring (bicyclic) bond motifs is 1. The molecule has 0 radical (unpaired) electrons. The number of rotatable bonds is 4. The number of esters is 1. The minimum absolute atomic E-state index is 0.262. The Morgan fingerprint density at radius 3 is 2.63 bits per heavy atom. The molecule has 1 atom stereocenters. The smallest absolute Gasteiger partial charge is 0.316 e. The summed E-state index contributed by atoms with van der Waals surface area (Å²) < 4.78 is 15.6. The van der Waals surface area contributed by atoms with E-state index >= 15 is 0 Å². The van der Waals surface area contributed by atoms with Crippen LogP contribution in [0, 0.1) is 5.92 Å². The number of ketones is 1. The molecule has 0 spiro atoms. The molecule has 0 aromatic heterocycles. The molecule has 1 aromatic rings. The third-order valence-corrected chi connectivity index (χ3v) is 2.86. The number of hydrogen-bond donors (Lipinski definition) is 0. The number of Topliss-reactive ketones (excluding diaryl/α,β-unsaturated/α-hetero) is 1. The van der Waals surface area contributed by atoms with Crippen molar-refractivity contribution in [2.45, 2.75) is 13.8 Å². The van der Waals surface area contributed by atoms with Gasteiger partial charge < -0.3 is 14.2 Å². The van der Waals surface area contributed by atoms with Crippen molar-refractivity contribution in [3.05, 3.63) is 23.8 Å². The molecule has 2 rings (SSSR count). The molecule has 0 N–H and O–H groups in total. The van der Waals surface area contributed by atoms with Crippen molar-refractivity contribution in [3.8, 4) is 11.5 Å². The van der Waals surface area contributed by atoms with Crippen LogP contribution in [0.25, 0.3) is 0 Å². The summed E-state index contributed by atoms with van der Waals surface area (Å²) in [5.74, 6) is -0.458. The first-order valence-electron chi connectivity index (χ1n) is 6.24. The molecule has 5 nitrogen and oxygen atoms in total. The zero-order valence-electron chi connectivity index (χ0n) is 11.0. The number of carbonyl (C=O) groups is 2. The molecule has 102 valence electrons. The Kier molecular flexibility index (Phi) is 4.04. The van der Waals surface area contributed by atoms with E-state index in [9.17, 15) is 9.59 Å². The predicted molar refractivity (Wildman–Crippen MR) is 67.6 cm³/mol. The van der Waals surface area contributed by atoms with Crippen molar-refractivity contribution in [2.24, 2.45) is 5.92 Å². The van der Waals surface area contributed by atoms with E-state index in [0.29, 0.717) is 30.3 Å². The van der Waals surface area contributed by atoms with Crippen LogP contribution < -0.4 is 9.47 Å². The van der Waals surface area contributed by atoms with Crippen LogP contribution in [-0.4, -0.2) is 31.6 Å². The fourth-order valence-corrected chi connectivity index (χ4v) is 1.82. The van der Waals surface area contributed by atoms with E-state index in [1.165, 1.54) is 6.92 Å². The van der Waals surface area contributed by atoms with Gasteiger partial charge in [-0.1, -0.05) is 0 Å². The summed E-state index contributed by atoms with van der Waals surface area (Å²) in [6.45, 7) is 4.46. The number of carbonyl (C=O) groups excluding carboxylic acids is 2. The van der Waals surface area contributed by atoms with Crippen LogP contribution in [0.3, 0.4) is 0 Å². The predicted octanol–water partition coefficient (Wildman–Crippen LogP) is 1.84. The summed E-state index contributed by atoms with van der Waals surface area (Å²) in [6.07, 6.45) is 0. The molecule has 0 fully saturated rings. The molecule has 0 aliphatic carbocycles. The molecule has 0 saturated heterocycles. The average molecular weight is 264 g/mol. The Labute approximate surface area is 111 Å². The summed E-state index contributed by atoms with van der Waals surface area (Å²) >= 11 is 0. The standard InChI is InChI=1S/C14H16O5/c1-3-17-14(16)9(2)13(15)10-4-5-11-12(8-10)19-7-6-18-11/h4-5,8-9H,3,6-7H2,1-2H3/t9-/m0/s1. The van der Waals surface area contributed by atoms with Gasteiger partial charge in [-0.15, -0.1) is 0 Å². The van der Waals surface area contributed by atoms with Gasteiger partial charge in [-0.3, -0.25) is 9.59 Å². The SMILES string of the molecule is CCOC(=O)[C@@H](C)C(=O)c1ccc2c(c1)OCCO2. The first-order chi connectivity index (χ1) is 9.13. The monoisotopic (exact) mass is 264 g/mol. The maximum atomic E-state index is 12.1. The molecule has 1 aromatic carbocycles. The van der Waals surface area contributed by atoms with Crippen LogP contribution in [0.1, 0.15) is 24.2 Å². The van der Waals surface area contributed by atoms with Crippen LogP contribution in [0.5, 0.6) is 11.5 Å². The molecular weight excluding hydrogens is 248 g/mol. The second-order valence-corrected chi connectivity index (χ2v) is 4.20. The van der Waals surface area contributed by atoms with E-state index in [4.69, 9.17) is 14.2 Å². The largest absolute Gasteiger partial charge is 0.486 e. The Hall–Kier alpha value is -2.04. The average Bonchev–Trinajstić information content (AvgIpc) is 2.45. The highest BCUT2D eigenvalue weighted by Crippen LogP contribution is 2.31. The molecule has 0 bridgehead atoms. The summed E-state index contributed by atoms with van der Waals surface area (Å²) in [5.41, 5.74) is 0.421. The Balaban J connectivity index is 2.17. The minimum atomic E-state index is -0.817. The molecule has 0 unspecified atom stereocenters. The van der Waals surface area contributed by atoms with Crippen molar-refractivity contribution in [1.29, 1.82) is 0 Å². The highest BCUT2D eigenvalue weighted by atomic mass is 16.6. The molecule has 5 heteroatoms. The number of hydrogen-bond acceptors (Lipinski definition) is 5. The van der Waals surface area contributed by atoms with Gasteiger partial charge >= 0.3 is 5.97 Å². The molecular formula is C14H16O5. The van der Waals surface area contributed by atoms with Crippen LogP contribution >= 0.6 is 0 Å². The van der Waals surface area contributed by atoms with E-state index in [0.717, 1.165) is 0 Å². The first-order valence-corrected chi connectivity index (χ1v) is 6.24. The van der Waals surface area contributed by atoms with E-state index in [2.05, 4.69) is 0 Å². The lowest BCUT2D eigenvalue weighted by atomic mass is 9.99. The highest BCUT2D eigenvalue weighted by Gasteiger charge is 2.25. The van der Waals surface area contributed by atoms with Gasteiger partial charge in [-0.25, -0.2) is 0 Å². The van der Waals surface area contributed by atoms with Gasteiger partial charge in [0.1, 0.15) is 19.1 Å². The van der Waals surface area contributed by atoms with Gasteiger partial charge in [0.2, 0.25) is 0 Å². The van der Waals surface area contributed by atoms with Crippen molar-refractivity contribution in [3.63, 3.8) is 0 Å². The maximum absolute atomic E-state index is 12.1. The van der Waals surface area contributed by atoms with Crippen LogP contribution in [-0.2, 0) is 9.53 Å². The second-order valence-electron chi connectivity index (χ2n) is 4.20. The maximum Gasteiger partial charge on any atom is 0.316 e. The quantitative estimate of drug-likeness (QED) is 0.472. The third kappa shape index (κ3) is 2.86. The summed E-state index contributed by atoms with van der Waals surface area (Å²) in [4.78, 5) is 23.7. The molecule has 0 amide bonds. The summed E-state index contributed by atoms with van der Waals surface area (Å²) in [7, 11) is 0. The Bertz CT molecular complexity index is 495. The number of ether oxygens (including phenoxy) is 3. The lowest BCUT2D eigenvalue weighted by Crippen LogP contribution is -2.24. The van der Waals surface area contributed by atoms with E-state index in [1.807, 2.05) is 0 Å². The fraction of sp³-hybridized carbons (Fsp3) is 0.429. The van der Waals surface area contributed by atoms with E-state index in [-0.39, 0.29) is 12.4 Å². The van der Waals surface area contributed by atoms with Gasteiger partial charge in [0.25, 0.3) is 0 Å². The summed E-state index contributed by atoms with van der Waals surface area (Å²) in [5, 5.41) is 0. The van der Waals surface area contributed by atoms with Gasteiger partial charge in [0.05, 0.1) is 6.61 Å². The molecule has 1 aliphatic heterocycles. The first kappa shape index (κ1) is 13.4. The third-order valence-electron chi connectivity index (χ3n) is 2.86. The van der Waals surface area contributed by atoms with Crippen molar-refractivity contribution >= 4 is 11.8 Å². The molecule has 19 heavy (non-hydrogen) atoms. The van der Waals surface area contributed by atoms with Gasteiger partial charge in [-0.2, -0.15) is 0 Å². The second kappa shape index (κ2) is 5.73. The van der Waals surface area contributed by atoms with Gasteiger partial charge in [0.15, 0.2) is 17.3 Å². The number of benzene rings is 1. The molecule has 1 aliphatic rings. The zero-order chi connectivity index (χ0) is 13.8. The van der Waals surface area contributed by atoms with Crippen molar-refractivity contribution in [2.75, 3.05) is 19.8 Å². The fourth-order valence-electron chi connectivity index (χ4n) is 1.82. The molecule has 1 heterocycles. The Morgan fingerprint density at radius 1 is 1.26 bits per heavy atom. The van der Waals surface area contributed by atoms with Gasteiger partial charge in [-0.05, 0) is 32.0 Å². The normalized spacial score (nSPS) is 14.6. The van der Waals surface area contributed by atoms with Gasteiger partial charge in [0, 0.05) is 5.56 Å².